The van der Waals surface area contributed by atoms with Crippen LogP contribution in [0.15, 0.2) is 29.2 Å². The molecule has 0 spiro atoms. The molecule has 1 N–H and O–H groups in total. The molecule has 0 fully saturated rings. The first-order valence-electron chi connectivity index (χ1n) is 6.88. The van der Waals surface area contributed by atoms with E-state index >= 15 is 0 Å². The molecule has 0 amide bonds. The first-order valence-corrected chi connectivity index (χ1v) is 8.36. The Morgan fingerprint density at radius 2 is 1.85 bits per heavy atom. The first-order chi connectivity index (χ1) is 9.36. The van der Waals surface area contributed by atoms with Crippen molar-refractivity contribution < 1.29 is 8.42 Å². The highest BCUT2D eigenvalue weighted by molar-refractivity contribution is 7.89. The highest BCUT2D eigenvalue weighted by atomic mass is 32.2. The van der Waals surface area contributed by atoms with Crippen molar-refractivity contribution in [3.8, 4) is 6.07 Å². The second-order valence-corrected chi connectivity index (χ2v) is 7.14. The van der Waals surface area contributed by atoms with Gasteiger partial charge in [-0.05, 0) is 31.4 Å². The van der Waals surface area contributed by atoms with Crippen LogP contribution in [0.3, 0.4) is 0 Å². The minimum absolute atomic E-state index is 0.0539. The molecule has 20 heavy (non-hydrogen) atoms. The molecule has 5 heteroatoms. The van der Waals surface area contributed by atoms with Gasteiger partial charge in [0.2, 0.25) is 10.0 Å². The topological polar surface area (TPSA) is 70.0 Å². The van der Waals surface area contributed by atoms with Gasteiger partial charge in [0.25, 0.3) is 0 Å². The molecule has 4 nitrogen and oxygen atoms in total. The van der Waals surface area contributed by atoms with Crippen LogP contribution in [0.2, 0.25) is 0 Å². The van der Waals surface area contributed by atoms with Gasteiger partial charge in [-0.3, -0.25) is 0 Å². The van der Waals surface area contributed by atoms with Crippen LogP contribution in [0.5, 0.6) is 0 Å². The minimum Gasteiger partial charge on any atom is -0.208 e. The molecular weight excluding hydrogens is 272 g/mol. The predicted octanol–water partition coefficient (Wildman–Crippen LogP) is 3.05. The van der Waals surface area contributed by atoms with E-state index in [2.05, 4.69) is 18.6 Å². The highest BCUT2D eigenvalue weighted by Gasteiger charge is 2.20. The van der Waals surface area contributed by atoms with Crippen molar-refractivity contribution in [1.29, 1.82) is 5.26 Å². The van der Waals surface area contributed by atoms with Gasteiger partial charge < -0.3 is 0 Å². The van der Waals surface area contributed by atoms with Gasteiger partial charge in [-0.25, -0.2) is 13.1 Å². The smallest absolute Gasteiger partial charge is 0.208 e. The molecule has 0 aliphatic rings. The Labute approximate surface area is 121 Å². The molecule has 1 aromatic carbocycles. The predicted molar refractivity (Wildman–Crippen MR) is 79.6 cm³/mol. The van der Waals surface area contributed by atoms with Crippen LogP contribution in [0.1, 0.15) is 45.6 Å². The number of rotatable bonds is 7. The molecule has 1 atom stereocenters. The monoisotopic (exact) mass is 294 g/mol. The number of nitrogens with one attached hydrogen (secondary N) is 1. The molecule has 0 aromatic heterocycles. The average molecular weight is 294 g/mol. The van der Waals surface area contributed by atoms with Crippen LogP contribution in [0.4, 0.5) is 0 Å². The summed E-state index contributed by atoms with van der Waals surface area (Å²) >= 11 is 0. The van der Waals surface area contributed by atoms with E-state index in [1.54, 1.807) is 12.1 Å². The number of sulfonamides is 1. The molecule has 0 heterocycles. The van der Waals surface area contributed by atoms with E-state index in [0.29, 0.717) is 5.92 Å². The zero-order valence-electron chi connectivity index (χ0n) is 12.3. The number of hydrogen-bond acceptors (Lipinski definition) is 3. The standard InChI is InChI=1S/C15H22N2O2S/c1-12(2)7-6-8-13(3)17-20(18,19)15-10-5-4-9-14(15)11-16/h4-5,9-10,12-13,17H,6-8H2,1-3H3/t13-/m0/s1. The summed E-state index contributed by atoms with van der Waals surface area (Å²) in [5, 5.41) is 8.98. The summed E-state index contributed by atoms with van der Waals surface area (Å²) in [6.07, 6.45) is 2.87. The number of hydrogen-bond donors (Lipinski definition) is 1. The lowest BCUT2D eigenvalue weighted by Gasteiger charge is -2.15. The van der Waals surface area contributed by atoms with Gasteiger partial charge in [0.05, 0.1) is 10.5 Å². The fraction of sp³-hybridized carbons (Fsp3) is 0.533. The Morgan fingerprint density at radius 3 is 2.45 bits per heavy atom. The second-order valence-electron chi connectivity index (χ2n) is 5.46. The van der Waals surface area contributed by atoms with Gasteiger partial charge in [-0.1, -0.05) is 38.8 Å². The first kappa shape index (κ1) is 16.7. The highest BCUT2D eigenvalue weighted by Crippen LogP contribution is 2.16. The summed E-state index contributed by atoms with van der Waals surface area (Å²) in [5.41, 5.74) is 0.175. The summed E-state index contributed by atoms with van der Waals surface area (Å²) in [6, 6.07) is 8.03. The zero-order valence-corrected chi connectivity index (χ0v) is 13.1. The molecule has 0 saturated heterocycles. The van der Waals surface area contributed by atoms with E-state index in [1.807, 2.05) is 13.0 Å². The van der Waals surface area contributed by atoms with Crippen LogP contribution < -0.4 is 4.72 Å². The molecule has 0 aliphatic carbocycles. The maximum atomic E-state index is 12.3. The molecule has 0 unspecified atom stereocenters. The normalized spacial score (nSPS) is 13.2. The molecule has 1 rings (SSSR count). The second kappa shape index (κ2) is 7.41. The van der Waals surface area contributed by atoms with Crippen LogP contribution in [0.25, 0.3) is 0 Å². The quantitative estimate of drug-likeness (QED) is 0.840. The molecule has 0 radical (unpaired) electrons. The van der Waals surface area contributed by atoms with E-state index in [4.69, 9.17) is 5.26 Å². The fourth-order valence-corrected chi connectivity index (χ4v) is 3.45. The van der Waals surface area contributed by atoms with Crippen molar-refractivity contribution >= 4 is 10.0 Å². The lowest BCUT2D eigenvalue weighted by molar-refractivity contribution is 0.488. The Balaban J connectivity index is 2.73. The summed E-state index contributed by atoms with van der Waals surface area (Å²) in [5.74, 6) is 0.623. The van der Waals surface area contributed by atoms with Crippen molar-refractivity contribution in [1.82, 2.24) is 4.72 Å². The van der Waals surface area contributed by atoms with Gasteiger partial charge in [0.1, 0.15) is 6.07 Å². The van der Waals surface area contributed by atoms with Crippen molar-refractivity contribution in [3.05, 3.63) is 29.8 Å². The van der Waals surface area contributed by atoms with Gasteiger partial charge in [-0.15, -0.1) is 0 Å². The van der Waals surface area contributed by atoms with Gasteiger partial charge >= 0.3 is 0 Å². The molecule has 0 aliphatic heterocycles. The maximum absolute atomic E-state index is 12.3. The van der Waals surface area contributed by atoms with E-state index in [9.17, 15) is 8.42 Å². The number of nitriles is 1. The van der Waals surface area contributed by atoms with Crippen LogP contribution in [0, 0.1) is 17.2 Å². The van der Waals surface area contributed by atoms with Crippen LogP contribution in [-0.4, -0.2) is 14.5 Å². The summed E-state index contributed by atoms with van der Waals surface area (Å²) in [6.45, 7) is 6.16. The molecule has 1 aromatic rings. The molecular formula is C15H22N2O2S. The Bertz CT molecular complexity index is 574. The van der Waals surface area contributed by atoms with Gasteiger partial charge in [0.15, 0.2) is 0 Å². The van der Waals surface area contributed by atoms with E-state index in [1.165, 1.54) is 12.1 Å². The third kappa shape index (κ3) is 4.95. The van der Waals surface area contributed by atoms with E-state index < -0.39 is 10.0 Å². The van der Waals surface area contributed by atoms with Gasteiger partial charge in [0, 0.05) is 6.04 Å². The maximum Gasteiger partial charge on any atom is 0.242 e. The minimum atomic E-state index is -3.63. The summed E-state index contributed by atoms with van der Waals surface area (Å²) in [4.78, 5) is 0.0539. The Morgan fingerprint density at radius 1 is 1.20 bits per heavy atom. The molecule has 110 valence electrons. The largest absolute Gasteiger partial charge is 0.242 e. The third-order valence-electron chi connectivity index (χ3n) is 3.07. The van der Waals surface area contributed by atoms with Crippen molar-refractivity contribution in [2.24, 2.45) is 5.92 Å². The van der Waals surface area contributed by atoms with Gasteiger partial charge in [-0.2, -0.15) is 5.26 Å². The van der Waals surface area contributed by atoms with Crippen LogP contribution in [-0.2, 0) is 10.0 Å². The van der Waals surface area contributed by atoms with Crippen molar-refractivity contribution in [2.45, 2.75) is 51.0 Å². The molecule has 0 bridgehead atoms. The van der Waals surface area contributed by atoms with E-state index in [0.717, 1.165) is 19.3 Å². The molecule has 0 saturated carbocycles. The van der Waals surface area contributed by atoms with Crippen molar-refractivity contribution in [3.63, 3.8) is 0 Å². The Hall–Kier alpha value is -1.38. The van der Waals surface area contributed by atoms with Crippen molar-refractivity contribution in [2.75, 3.05) is 0 Å². The lowest BCUT2D eigenvalue weighted by atomic mass is 10.0. The summed E-state index contributed by atoms with van der Waals surface area (Å²) in [7, 11) is -3.63. The SMILES string of the molecule is CC(C)CCC[C@H](C)NS(=O)(=O)c1ccccc1C#N. The van der Waals surface area contributed by atoms with E-state index in [-0.39, 0.29) is 16.5 Å². The Kier molecular flexibility index (Phi) is 6.18. The third-order valence-corrected chi connectivity index (χ3v) is 4.72. The fourth-order valence-electron chi connectivity index (χ4n) is 2.01. The zero-order chi connectivity index (χ0) is 15.2. The van der Waals surface area contributed by atoms with Crippen LogP contribution >= 0.6 is 0 Å². The number of benzene rings is 1. The average Bonchev–Trinajstić information content (AvgIpc) is 2.37. The number of nitrogens with zero attached hydrogens (tertiary/aromatic N) is 1. The summed E-state index contributed by atoms with van der Waals surface area (Å²) < 4.78 is 27.2. The lowest BCUT2D eigenvalue weighted by Crippen LogP contribution is -2.33.